The van der Waals surface area contributed by atoms with Gasteiger partial charge in [0.1, 0.15) is 11.5 Å². The summed E-state index contributed by atoms with van der Waals surface area (Å²) in [5, 5.41) is 13.9. The van der Waals surface area contributed by atoms with Gasteiger partial charge in [-0.2, -0.15) is 0 Å². The summed E-state index contributed by atoms with van der Waals surface area (Å²) < 4.78 is 0. The number of rotatable bonds is 5. The number of hydrogen-bond donors (Lipinski definition) is 3. The van der Waals surface area contributed by atoms with E-state index in [0.29, 0.717) is 6.54 Å². The Hall–Kier alpha value is -1.59. The first-order valence-electron chi connectivity index (χ1n) is 6.20. The molecule has 0 saturated heterocycles. The molecule has 0 radical (unpaired) electrons. The van der Waals surface area contributed by atoms with Gasteiger partial charge in [0.2, 0.25) is 11.8 Å². The zero-order chi connectivity index (χ0) is 15.4. The van der Waals surface area contributed by atoms with Gasteiger partial charge in [0.15, 0.2) is 0 Å². The van der Waals surface area contributed by atoms with Crippen molar-refractivity contribution in [3.8, 4) is 0 Å². The Bertz CT molecular complexity index is 369. The highest BCUT2D eigenvalue weighted by Crippen LogP contribution is 2.12. The second-order valence-corrected chi connectivity index (χ2v) is 6.42. The molecule has 19 heavy (non-hydrogen) atoms. The lowest BCUT2D eigenvalue weighted by Crippen LogP contribution is -2.57. The van der Waals surface area contributed by atoms with Crippen LogP contribution in [0.5, 0.6) is 0 Å². The maximum Gasteiger partial charge on any atom is 0.315 e. The van der Waals surface area contributed by atoms with Crippen LogP contribution in [0.1, 0.15) is 41.5 Å². The van der Waals surface area contributed by atoms with E-state index in [9.17, 15) is 14.4 Å². The van der Waals surface area contributed by atoms with Crippen molar-refractivity contribution in [1.29, 1.82) is 0 Å². The normalized spacial score (nSPS) is 13.6. The van der Waals surface area contributed by atoms with E-state index in [2.05, 4.69) is 10.6 Å². The molecule has 0 aromatic heterocycles. The van der Waals surface area contributed by atoms with Gasteiger partial charge < -0.3 is 15.7 Å². The molecule has 0 aromatic carbocycles. The van der Waals surface area contributed by atoms with E-state index in [-0.39, 0.29) is 11.3 Å². The minimum absolute atomic E-state index is 0.0654. The second-order valence-electron chi connectivity index (χ2n) is 6.42. The molecule has 0 saturated carbocycles. The molecule has 0 aliphatic rings. The van der Waals surface area contributed by atoms with Gasteiger partial charge in [0, 0.05) is 6.54 Å². The fraction of sp³-hybridized carbons (Fsp3) is 0.769. The number of carboxylic acids is 1. The molecule has 1 unspecified atom stereocenters. The Morgan fingerprint density at radius 2 is 1.58 bits per heavy atom. The van der Waals surface area contributed by atoms with Gasteiger partial charge in [-0.25, -0.2) is 0 Å². The fourth-order valence-electron chi connectivity index (χ4n) is 1.15. The predicted molar refractivity (Wildman–Crippen MR) is 71.5 cm³/mol. The third kappa shape index (κ3) is 6.22. The van der Waals surface area contributed by atoms with E-state index in [4.69, 9.17) is 5.11 Å². The third-order valence-corrected chi connectivity index (χ3v) is 2.55. The number of aliphatic carboxylic acids is 1. The minimum Gasteiger partial charge on any atom is -0.481 e. The number of carboxylic acid groups (broad SMARTS) is 1. The molecule has 1 atom stereocenters. The Morgan fingerprint density at radius 1 is 1.11 bits per heavy atom. The Balaban J connectivity index is 4.58. The molecule has 0 heterocycles. The maximum atomic E-state index is 12.0. The van der Waals surface area contributed by atoms with Crippen LogP contribution in [0.4, 0.5) is 0 Å². The van der Waals surface area contributed by atoms with Crippen LogP contribution < -0.4 is 10.6 Å². The number of carbonyl (C=O) groups excluding carboxylic acids is 2. The van der Waals surface area contributed by atoms with Crippen molar-refractivity contribution in [2.75, 3.05) is 6.54 Å². The van der Waals surface area contributed by atoms with E-state index in [1.807, 2.05) is 20.8 Å². The lowest BCUT2D eigenvalue weighted by molar-refractivity contribution is -0.147. The number of amides is 2. The summed E-state index contributed by atoms with van der Waals surface area (Å²) in [6.45, 7) is 10.8. The number of carbonyl (C=O) groups is 3. The van der Waals surface area contributed by atoms with Crippen LogP contribution >= 0.6 is 0 Å². The standard InChI is InChI=1S/C13H24N2O4/c1-8(10(17)18)9(16)15-13(5,6)11(19)14-7-12(2,3)4/h8H,7H2,1-6H3,(H,14,19)(H,15,16)(H,17,18). The summed E-state index contributed by atoms with van der Waals surface area (Å²) in [6.07, 6.45) is 0. The maximum absolute atomic E-state index is 12.0. The highest BCUT2D eigenvalue weighted by molar-refractivity contribution is 5.99. The Labute approximate surface area is 113 Å². The topological polar surface area (TPSA) is 95.5 Å². The van der Waals surface area contributed by atoms with Crippen molar-refractivity contribution in [2.45, 2.75) is 47.1 Å². The first-order chi connectivity index (χ1) is 8.37. The van der Waals surface area contributed by atoms with E-state index in [1.54, 1.807) is 0 Å². The van der Waals surface area contributed by atoms with Gasteiger partial charge in [-0.15, -0.1) is 0 Å². The molecule has 0 bridgehead atoms. The van der Waals surface area contributed by atoms with Crippen molar-refractivity contribution in [2.24, 2.45) is 11.3 Å². The Kier molecular flexibility index (Phi) is 5.53. The van der Waals surface area contributed by atoms with Crippen LogP contribution in [-0.2, 0) is 14.4 Å². The summed E-state index contributed by atoms with van der Waals surface area (Å²) in [7, 11) is 0. The van der Waals surface area contributed by atoms with Crippen molar-refractivity contribution >= 4 is 17.8 Å². The third-order valence-electron chi connectivity index (χ3n) is 2.55. The van der Waals surface area contributed by atoms with Crippen molar-refractivity contribution in [3.05, 3.63) is 0 Å². The number of nitrogens with one attached hydrogen (secondary N) is 2. The van der Waals surface area contributed by atoms with Crippen LogP contribution in [0.2, 0.25) is 0 Å². The van der Waals surface area contributed by atoms with E-state index >= 15 is 0 Å². The molecule has 0 spiro atoms. The zero-order valence-electron chi connectivity index (χ0n) is 12.5. The lowest BCUT2D eigenvalue weighted by atomic mass is 9.95. The van der Waals surface area contributed by atoms with Crippen LogP contribution in [-0.4, -0.2) is 35.0 Å². The predicted octanol–water partition coefficient (Wildman–Crippen LogP) is 0.764. The summed E-state index contributed by atoms with van der Waals surface area (Å²) in [6, 6.07) is 0. The van der Waals surface area contributed by atoms with Crippen LogP contribution in [0.25, 0.3) is 0 Å². The molecular formula is C13H24N2O4. The first-order valence-corrected chi connectivity index (χ1v) is 6.20. The largest absolute Gasteiger partial charge is 0.481 e. The number of hydrogen-bond acceptors (Lipinski definition) is 3. The lowest BCUT2D eigenvalue weighted by Gasteiger charge is -2.28. The Morgan fingerprint density at radius 3 is 1.95 bits per heavy atom. The molecule has 110 valence electrons. The van der Waals surface area contributed by atoms with Gasteiger partial charge in [0.25, 0.3) is 0 Å². The molecule has 0 rings (SSSR count). The molecule has 6 nitrogen and oxygen atoms in total. The van der Waals surface area contributed by atoms with Crippen LogP contribution in [0, 0.1) is 11.3 Å². The van der Waals surface area contributed by atoms with Crippen molar-refractivity contribution in [3.63, 3.8) is 0 Å². The molecular weight excluding hydrogens is 248 g/mol. The van der Waals surface area contributed by atoms with Gasteiger partial charge in [-0.3, -0.25) is 14.4 Å². The second kappa shape index (κ2) is 6.04. The highest BCUT2D eigenvalue weighted by Gasteiger charge is 2.33. The summed E-state index contributed by atoms with van der Waals surface area (Å²) in [5.41, 5.74) is -1.21. The minimum atomic E-state index is -1.22. The monoisotopic (exact) mass is 272 g/mol. The molecule has 2 amide bonds. The average molecular weight is 272 g/mol. The summed E-state index contributed by atoms with van der Waals surface area (Å²) >= 11 is 0. The average Bonchev–Trinajstić information content (AvgIpc) is 2.22. The molecule has 0 aromatic rings. The molecule has 0 aliphatic carbocycles. The summed E-state index contributed by atoms with van der Waals surface area (Å²) in [4.78, 5) is 34.3. The quantitative estimate of drug-likeness (QED) is 0.644. The van der Waals surface area contributed by atoms with Crippen LogP contribution in [0.15, 0.2) is 0 Å². The van der Waals surface area contributed by atoms with Gasteiger partial charge >= 0.3 is 5.97 Å². The van der Waals surface area contributed by atoms with Crippen LogP contribution in [0.3, 0.4) is 0 Å². The summed E-state index contributed by atoms with van der Waals surface area (Å²) in [5.74, 6) is -3.42. The van der Waals surface area contributed by atoms with Crippen molar-refractivity contribution in [1.82, 2.24) is 10.6 Å². The molecule has 0 fully saturated rings. The van der Waals surface area contributed by atoms with Gasteiger partial charge in [-0.1, -0.05) is 20.8 Å². The first kappa shape index (κ1) is 17.4. The SMILES string of the molecule is CC(C(=O)O)C(=O)NC(C)(C)C(=O)NCC(C)(C)C. The fourth-order valence-corrected chi connectivity index (χ4v) is 1.15. The van der Waals surface area contributed by atoms with E-state index < -0.39 is 23.3 Å². The van der Waals surface area contributed by atoms with Gasteiger partial charge in [0.05, 0.1) is 0 Å². The molecule has 6 heteroatoms. The molecule has 3 N–H and O–H groups in total. The van der Waals surface area contributed by atoms with E-state index in [0.717, 1.165) is 0 Å². The smallest absolute Gasteiger partial charge is 0.315 e. The molecule has 0 aliphatic heterocycles. The highest BCUT2D eigenvalue weighted by atomic mass is 16.4. The van der Waals surface area contributed by atoms with Crippen molar-refractivity contribution < 1.29 is 19.5 Å². The van der Waals surface area contributed by atoms with E-state index in [1.165, 1.54) is 20.8 Å². The zero-order valence-corrected chi connectivity index (χ0v) is 12.5. The van der Waals surface area contributed by atoms with Gasteiger partial charge in [-0.05, 0) is 26.2 Å².